The van der Waals surface area contributed by atoms with Crippen LogP contribution >= 0.6 is 0 Å². The number of carboxylic acid groups (broad SMARTS) is 1. The lowest BCUT2D eigenvalue weighted by atomic mass is 10.3. The molecule has 1 heterocycles. The van der Waals surface area contributed by atoms with Gasteiger partial charge in [-0.25, -0.2) is 4.79 Å². The fourth-order valence-corrected chi connectivity index (χ4v) is 1.57. The number of rotatable bonds is 4. The van der Waals surface area contributed by atoms with Gasteiger partial charge in [-0.15, -0.1) is 0 Å². The molecule has 1 fully saturated rings. The van der Waals surface area contributed by atoms with Crippen molar-refractivity contribution < 1.29 is 9.90 Å². The van der Waals surface area contributed by atoms with Gasteiger partial charge in [-0.1, -0.05) is 6.92 Å². The molecule has 0 amide bonds. The molecule has 1 aromatic rings. The van der Waals surface area contributed by atoms with Crippen molar-refractivity contribution in [2.45, 2.75) is 38.6 Å². The van der Waals surface area contributed by atoms with Gasteiger partial charge in [-0.2, -0.15) is 5.10 Å². The third-order valence-corrected chi connectivity index (χ3v) is 2.45. The Morgan fingerprint density at radius 2 is 2.43 bits per heavy atom. The van der Waals surface area contributed by atoms with Gasteiger partial charge in [0.2, 0.25) is 0 Å². The van der Waals surface area contributed by atoms with Crippen molar-refractivity contribution in [2.75, 3.05) is 0 Å². The summed E-state index contributed by atoms with van der Waals surface area (Å²) in [5.74, 6) is -0.357. The van der Waals surface area contributed by atoms with Crippen LogP contribution in [0.25, 0.3) is 0 Å². The summed E-state index contributed by atoms with van der Waals surface area (Å²) in [6.45, 7) is 2.71. The second kappa shape index (κ2) is 3.44. The van der Waals surface area contributed by atoms with Gasteiger partial charge in [-0.3, -0.25) is 4.68 Å². The molecule has 4 nitrogen and oxygen atoms in total. The first-order valence-corrected chi connectivity index (χ1v) is 5.03. The van der Waals surface area contributed by atoms with Gasteiger partial charge in [0.25, 0.3) is 0 Å². The van der Waals surface area contributed by atoms with Gasteiger partial charge in [0.1, 0.15) is 5.69 Å². The lowest BCUT2D eigenvalue weighted by Crippen LogP contribution is -2.09. The zero-order chi connectivity index (χ0) is 10.1. The van der Waals surface area contributed by atoms with Crippen LogP contribution in [0.2, 0.25) is 0 Å². The van der Waals surface area contributed by atoms with Crippen molar-refractivity contribution in [3.8, 4) is 0 Å². The summed E-state index contributed by atoms with van der Waals surface area (Å²) in [6, 6.07) is 1.72. The van der Waals surface area contributed by atoms with Crippen LogP contribution in [0.1, 0.15) is 48.3 Å². The molecule has 14 heavy (non-hydrogen) atoms. The first-order valence-electron chi connectivity index (χ1n) is 5.03. The number of hydrogen-bond donors (Lipinski definition) is 1. The highest BCUT2D eigenvalue weighted by atomic mass is 16.4. The minimum absolute atomic E-state index is 0.328. The Hall–Kier alpha value is -1.32. The second-order valence-corrected chi connectivity index (χ2v) is 3.76. The Morgan fingerprint density at radius 1 is 1.71 bits per heavy atom. The van der Waals surface area contributed by atoms with Crippen LogP contribution in [0, 0.1) is 0 Å². The SMILES string of the molecule is CCCn1nc(C2CC2)cc1C(=O)O. The van der Waals surface area contributed by atoms with E-state index in [1.54, 1.807) is 10.7 Å². The maximum Gasteiger partial charge on any atom is 0.354 e. The Labute approximate surface area is 82.5 Å². The number of hydrogen-bond acceptors (Lipinski definition) is 2. The number of nitrogens with zero attached hydrogens (tertiary/aromatic N) is 2. The maximum absolute atomic E-state index is 10.9. The monoisotopic (exact) mass is 194 g/mol. The van der Waals surface area contributed by atoms with Gasteiger partial charge in [0, 0.05) is 12.5 Å². The minimum atomic E-state index is -0.877. The topological polar surface area (TPSA) is 55.1 Å². The van der Waals surface area contributed by atoms with Crippen LogP contribution in [0.5, 0.6) is 0 Å². The van der Waals surface area contributed by atoms with Gasteiger partial charge in [0.05, 0.1) is 5.69 Å². The summed E-state index contributed by atoms with van der Waals surface area (Å²) < 4.78 is 1.61. The fourth-order valence-electron chi connectivity index (χ4n) is 1.57. The molecule has 0 aromatic carbocycles. The molecule has 1 aromatic heterocycles. The van der Waals surface area contributed by atoms with Gasteiger partial charge < -0.3 is 5.11 Å². The van der Waals surface area contributed by atoms with E-state index in [1.165, 1.54) is 0 Å². The highest BCUT2D eigenvalue weighted by Crippen LogP contribution is 2.39. The molecule has 1 aliphatic rings. The average Bonchev–Trinajstić information content (AvgIpc) is 2.89. The van der Waals surface area contributed by atoms with E-state index in [2.05, 4.69) is 5.10 Å². The predicted molar refractivity (Wildman–Crippen MR) is 51.5 cm³/mol. The summed E-state index contributed by atoms with van der Waals surface area (Å²) >= 11 is 0. The molecule has 2 rings (SSSR count). The van der Waals surface area contributed by atoms with E-state index in [1.807, 2.05) is 6.92 Å². The van der Waals surface area contributed by atoms with Gasteiger partial charge in [-0.05, 0) is 25.3 Å². The highest BCUT2D eigenvalue weighted by Gasteiger charge is 2.28. The van der Waals surface area contributed by atoms with E-state index in [4.69, 9.17) is 5.11 Å². The van der Waals surface area contributed by atoms with Gasteiger partial charge in [0.15, 0.2) is 0 Å². The van der Waals surface area contributed by atoms with Crippen LogP contribution in [-0.2, 0) is 6.54 Å². The molecule has 1 aliphatic carbocycles. The van der Waals surface area contributed by atoms with Crippen LogP contribution in [-0.4, -0.2) is 20.9 Å². The van der Waals surface area contributed by atoms with Crippen molar-refractivity contribution >= 4 is 5.97 Å². The van der Waals surface area contributed by atoms with Crippen molar-refractivity contribution in [1.82, 2.24) is 9.78 Å². The van der Waals surface area contributed by atoms with Crippen LogP contribution in [0.4, 0.5) is 0 Å². The Balaban J connectivity index is 2.29. The van der Waals surface area contributed by atoms with Crippen molar-refractivity contribution in [3.05, 3.63) is 17.5 Å². The summed E-state index contributed by atoms with van der Waals surface area (Å²) in [5.41, 5.74) is 1.28. The van der Waals surface area contributed by atoms with Gasteiger partial charge >= 0.3 is 5.97 Å². The largest absolute Gasteiger partial charge is 0.477 e. The molecule has 0 spiro atoms. The van der Waals surface area contributed by atoms with Crippen LogP contribution in [0.3, 0.4) is 0 Å². The van der Waals surface area contributed by atoms with Crippen molar-refractivity contribution in [3.63, 3.8) is 0 Å². The molecule has 0 radical (unpaired) electrons. The number of aromatic carboxylic acids is 1. The molecule has 1 saturated carbocycles. The maximum atomic E-state index is 10.9. The molecule has 0 aliphatic heterocycles. The molecule has 0 bridgehead atoms. The van der Waals surface area contributed by atoms with E-state index in [-0.39, 0.29) is 0 Å². The zero-order valence-corrected chi connectivity index (χ0v) is 8.23. The van der Waals surface area contributed by atoms with E-state index in [9.17, 15) is 4.79 Å². The molecular formula is C10H14N2O2. The minimum Gasteiger partial charge on any atom is -0.477 e. The standard InChI is InChI=1S/C10H14N2O2/c1-2-5-12-9(10(13)14)6-8(11-12)7-3-4-7/h6-7H,2-5H2,1H3,(H,13,14). The molecular weight excluding hydrogens is 180 g/mol. The first-order chi connectivity index (χ1) is 6.72. The summed E-state index contributed by atoms with van der Waals surface area (Å²) in [6.07, 6.45) is 3.22. The Bertz CT molecular complexity index is 353. The van der Waals surface area contributed by atoms with E-state index in [0.717, 1.165) is 25.0 Å². The van der Waals surface area contributed by atoms with E-state index < -0.39 is 5.97 Å². The molecule has 0 atom stereocenters. The molecule has 4 heteroatoms. The van der Waals surface area contributed by atoms with E-state index in [0.29, 0.717) is 18.2 Å². The number of carbonyl (C=O) groups is 1. The second-order valence-electron chi connectivity index (χ2n) is 3.76. The zero-order valence-electron chi connectivity index (χ0n) is 8.23. The normalized spacial score (nSPS) is 15.8. The Kier molecular flexibility index (Phi) is 2.27. The summed E-state index contributed by atoms with van der Waals surface area (Å²) in [4.78, 5) is 10.9. The number of aryl methyl sites for hydroxylation is 1. The third kappa shape index (κ3) is 1.64. The predicted octanol–water partition coefficient (Wildman–Crippen LogP) is 1.87. The molecule has 76 valence electrons. The molecule has 0 unspecified atom stereocenters. The summed E-state index contributed by atoms with van der Waals surface area (Å²) in [5, 5.41) is 13.3. The van der Waals surface area contributed by atoms with Crippen LogP contribution < -0.4 is 0 Å². The van der Waals surface area contributed by atoms with E-state index >= 15 is 0 Å². The highest BCUT2D eigenvalue weighted by molar-refractivity contribution is 5.85. The number of aromatic nitrogens is 2. The quantitative estimate of drug-likeness (QED) is 0.796. The van der Waals surface area contributed by atoms with Crippen LogP contribution in [0.15, 0.2) is 6.07 Å². The fraction of sp³-hybridized carbons (Fsp3) is 0.600. The molecule has 1 N–H and O–H groups in total. The number of carboxylic acids is 1. The first kappa shape index (κ1) is 9.24. The molecule has 0 saturated heterocycles. The smallest absolute Gasteiger partial charge is 0.354 e. The Morgan fingerprint density at radius 3 is 2.93 bits per heavy atom. The van der Waals surface area contributed by atoms with Crippen molar-refractivity contribution in [1.29, 1.82) is 0 Å². The average molecular weight is 194 g/mol. The lowest BCUT2D eigenvalue weighted by Gasteiger charge is -2.00. The summed E-state index contributed by atoms with van der Waals surface area (Å²) in [7, 11) is 0. The third-order valence-electron chi connectivity index (χ3n) is 2.45. The lowest BCUT2D eigenvalue weighted by molar-refractivity contribution is 0.0683. The van der Waals surface area contributed by atoms with Crippen molar-refractivity contribution in [2.24, 2.45) is 0 Å².